The van der Waals surface area contributed by atoms with Crippen LogP contribution in [0.1, 0.15) is 54.1 Å². The van der Waals surface area contributed by atoms with Crippen molar-refractivity contribution in [1.29, 1.82) is 0 Å². The lowest BCUT2D eigenvalue weighted by atomic mass is 9.76. The van der Waals surface area contributed by atoms with Gasteiger partial charge in [-0.1, -0.05) is 6.92 Å². The molecule has 0 unspecified atom stereocenters. The number of fused-ring (bicyclic) bond motifs is 2. The van der Waals surface area contributed by atoms with E-state index in [4.69, 9.17) is 0 Å². The van der Waals surface area contributed by atoms with Crippen molar-refractivity contribution in [3.63, 3.8) is 0 Å². The Morgan fingerprint density at radius 3 is 2.37 bits per heavy atom. The number of sulfonamides is 1. The van der Waals surface area contributed by atoms with Gasteiger partial charge < -0.3 is 10.2 Å². The fourth-order valence-electron chi connectivity index (χ4n) is 5.45. The van der Waals surface area contributed by atoms with Crippen LogP contribution < -0.4 is 10.0 Å². The average molecular weight is 556 g/mol. The monoisotopic (exact) mass is 555 g/mol. The highest BCUT2D eigenvalue weighted by atomic mass is 32.2. The molecule has 2 N–H and O–H groups in total. The van der Waals surface area contributed by atoms with Gasteiger partial charge >= 0.3 is 5.92 Å². The van der Waals surface area contributed by atoms with E-state index in [-0.39, 0.29) is 35.6 Å². The average Bonchev–Trinajstić information content (AvgIpc) is 2.82. The fourth-order valence-corrected chi connectivity index (χ4v) is 6.25. The fraction of sp³-hybridized carbons (Fsp3) is 0.462. The van der Waals surface area contributed by atoms with Gasteiger partial charge in [-0.2, -0.15) is 8.78 Å². The van der Waals surface area contributed by atoms with E-state index in [1.165, 1.54) is 19.1 Å². The molecule has 2 saturated heterocycles. The molecule has 0 aliphatic carbocycles. The highest BCUT2D eigenvalue weighted by Crippen LogP contribution is 2.42. The summed E-state index contributed by atoms with van der Waals surface area (Å²) in [7, 11) is -3.53. The first-order chi connectivity index (χ1) is 17.7. The number of amides is 2. The van der Waals surface area contributed by atoms with Crippen LogP contribution in [0.4, 0.5) is 23.2 Å². The Morgan fingerprint density at radius 1 is 1.03 bits per heavy atom. The molecule has 2 amide bonds. The summed E-state index contributed by atoms with van der Waals surface area (Å²) in [5, 5.41) is 2.45. The molecule has 206 valence electrons. The summed E-state index contributed by atoms with van der Waals surface area (Å²) in [5.41, 5.74) is -1.06. The summed E-state index contributed by atoms with van der Waals surface area (Å²) < 4.78 is 85.5. The molecule has 0 radical (unpaired) electrons. The lowest BCUT2D eigenvalue weighted by molar-refractivity contribution is -0.172. The molecule has 38 heavy (non-hydrogen) atoms. The van der Waals surface area contributed by atoms with Crippen molar-refractivity contribution < 1.29 is 35.6 Å². The van der Waals surface area contributed by atoms with Gasteiger partial charge in [0.1, 0.15) is 11.6 Å². The molecule has 2 aromatic rings. The molecule has 0 aromatic heterocycles. The topological polar surface area (TPSA) is 95.6 Å². The van der Waals surface area contributed by atoms with Gasteiger partial charge in [-0.15, -0.1) is 0 Å². The maximum atomic E-state index is 15.6. The number of hydrogen-bond donors (Lipinski definition) is 2. The van der Waals surface area contributed by atoms with Crippen molar-refractivity contribution in [3.8, 4) is 0 Å². The summed E-state index contributed by atoms with van der Waals surface area (Å²) >= 11 is 0. The Labute approximate surface area is 218 Å². The molecule has 2 bridgehead atoms. The van der Waals surface area contributed by atoms with Crippen molar-refractivity contribution in [1.82, 2.24) is 9.62 Å². The van der Waals surface area contributed by atoms with E-state index < -0.39 is 63.1 Å². The second-order valence-electron chi connectivity index (χ2n) is 10.2. The minimum atomic E-state index is -4.28. The Bertz CT molecular complexity index is 1370. The number of piperidine rings is 2. The van der Waals surface area contributed by atoms with Gasteiger partial charge in [0, 0.05) is 29.4 Å². The smallest absolute Gasteiger partial charge is 0.331 e. The first kappa shape index (κ1) is 28.0. The molecule has 2 fully saturated rings. The normalized spacial score (nSPS) is 23.7. The van der Waals surface area contributed by atoms with Gasteiger partial charge in [0.05, 0.1) is 11.8 Å². The van der Waals surface area contributed by atoms with E-state index in [1.54, 1.807) is 0 Å². The number of alkyl halides is 2. The number of hydrogen-bond acceptors (Lipinski definition) is 4. The number of carbonyl (C=O) groups excluding carboxylic acids is 2. The molecule has 12 heteroatoms. The third-order valence-electron chi connectivity index (χ3n) is 7.31. The van der Waals surface area contributed by atoms with Crippen LogP contribution in [0.3, 0.4) is 0 Å². The number of carbonyl (C=O) groups is 2. The van der Waals surface area contributed by atoms with Gasteiger partial charge in [0.25, 0.3) is 11.8 Å². The zero-order chi connectivity index (χ0) is 28.0. The Balaban J connectivity index is 1.60. The number of nitrogens with zero attached hydrogens (tertiary/aromatic N) is 1. The third kappa shape index (κ3) is 5.70. The van der Waals surface area contributed by atoms with Crippen LogP contribution in [-0.4, -0.2) is 49.5 Å². The molecule has 0 saturated carbocycles. The number of anilines is 1. The molecule has 2 aromatic carbocycles. The van der Waals surface area contributed by atoms with Crippen LogP contribution in [0, 0.1) is 24.5 Å². The predicted octanol–water partition coefficient (Wildman–Crippen LogP) is 4.32. The van der Waals surface area contributed by atoms with E-state index >= 15 is 8.78 Å². The van der Waals surface area contributed by atoms with Gasteiger partial charge in [0.2, 0.25) is 10.0 Å². The number of aryl methyl sites for hydroxylation is 1. The second-order valence-corrected chi connectivity index (χ2v) is 12.0. The molecule has 2 aliphatic rings. The first-order valence-electron chi connectivity index (χ1n) is 12.2. The largest absolute Gasteiger partial charge is 0.352 e. The molecule has 2 aliphatic heterocycles. The van der Waals surface area contributed by atoms with E-state index in [1.807, 2.05) is 6.92 Å². The Morgan fingerprint density at radius 2 is 1.71 bits per heavy atom. The van der Waals surface area contributed by atoms with Crippen molar-refractivity contribution in [3.05, 3.63) is 64.7 Å². The zero-order valence-electron chi connectivity index (χ0n) is 21.1. The van der Waals surface area contributed by atoms with E-state index in [2.05, 4.69) is 10.0 Å². The molecule has 2 heterocycles. The summed E-state index contributed by atoms with van der Waals surface area (Å²) in [6.45, 7) is 3.30. The SMILES string of the molecule is Cc1cc(NC(=O)c2ccc(F)c(C(F)(F)C(=O)N3[C@@H]4CC[C@H](C)[C@H]3C[C@H](NS(C)(=O)=O)C4)c2)ccc1F. The number of nitrogens with one attached hydrogen (secondary N) is 2. The van der Waals surface area contributed by atoms with E-state index in [9.17, 15) is 26.8 Å². The van der Waals surface area contributed by atoms with E-state index in [0.29, 0.717) is 25.0 Å². The number of rotatable bonds is 6. The van der Waals surface area contributed by atoms with Gasteiger partial charge in [-0.05, 0) is 80.5 Å². The molecular weight excluding hydrogens is 526 g/mol. The number of halogens is 4. The maximum absolute atomic E-state index is 15.6. The minimum Gasteiger partial charge on any atom is -0.331 e. The standard InChI is InChI=1S/C26H29F4N3O4S/c1-14-4-7-19-12-18(32-38(3,36)37)13-23(14)33(19)25(35)26(29,30)20-11-16(5-8-22(20)28)24(34)31-17-6-9-21(27)15(2)10-17/h5-6,8-11,14,18-19,23,32H,4,7,12-13H2,1-3H3,(H,31,34)/t14-,18+,19+,23+/m0/s1. The molecule has 7 nitrogen and oxygen atoms in total. The van der Waals surface area contributed by atoms with Crippen LogP contribution in [-0.2, 0) is 20.7 Å². The van der Waals surface area contributed by atoms with E-state index in [0.717, 1.165) is 23.3 Å². The first-order valence-corrected chi connectivity index (χ1v) is 14.1. The lowest BCUT2D eigenvalue weighted by Crippen LogP contribution is -2.63. The highest BCUT2D eigenvalue weighted by molar-refractivity contribution is 7.88. The van der Waals surface area contributed by atoms with Crippen molar-refractivity contribution in [2.24, 2.45) is 5.92 Å². The Kier molecular flexibility index (Phi) is 7.59. The quantitative estimate of drug-likeness (QED) is 0.519. The Hall–Kier alpha value is -2.99. The molecular formula is C26H29F4N3O4S. The number of benzene rings is 2. The summed E-state index contributed by atoms with van der Waals surface area (Å²) in [6, 6.07) is 4.37. The summed E-state index contributed by atoms with van der Waals surface area (Å²) in [4.78, 5) is 27.1. The van der Waals surface area contributed by atoms with Gasteiger partial charge in [0.15, 0.2) is 0 Å². The van der Waals surface area contributed by atoms with Crippen molar-refractivity contribution in [2.45, 2.75) is 63.6 Å². The van der Waals surface area contributed by atoms with Crippen molar-refractivity contribution >= 4 is 27.5 Å². The minimum absolute atomic E-state index is 0.161. The van der Waals surface area contributed by atoms with Crippen LogP contribution >= 0.6 is 0 Å². The lowest BCUT2D eigenvalue weighted by Gasteiger charge is -2.52. The summed E-state index contributed by atoms with van der Waals surface area (Å²) in [5.74, 6) is -8.69. The molecule has 4 atom stereocenters. The molecule has 0 spiro atoms. The van der Waals surface area contributed by atoms with Crippen LogP contribution in [0.5, 0.6) is 0 Å². The van der Waals surface area contributed by atoms with Gasteiger partial charge in [-0.3, -0.25) is 9.59 Å². The van der Waals surface area contributed by atoms with Crippen LogP contribution in [0.2, 0.25) is 0 Å². The third-order valence-corrected chi connectivity index (χ3v) is 8.07. The second kappa shape index (κ2) is 10.3. The zero-order valence-corrected chi connectivity index (χ0v) is 21.9. The molecule has 4 rings (SSSR count). The van der Waals surface area contributed by atoms with Gasteiger partial charge in [-0.25, -0.2) is 21.9 Å². The van der Waals surface area contributed by atoms with Crippen molar-refractivity contribution in [2.75, 3.05) is 11.6 Å². The van der Waals surface area contributed by atoms with Crippen LogP contribution in [0.15, 0.2) is 36.4 Å². The summed E-state index contributed by atoms with van der Waals surface area (Å²) in [6.07, 6.45) is 2.43. The van der Waals surface area contributed by atoms with Crippen LogP contribution in [0.25, 0.3) is 0 Å². The highest BCUT2D eigenvalue weighted by Gasteiger charge is 2.53. The maximum Gasteiger partial charge on any atom is 0.352 e. The predicted molar refractivity (Wildman–Crippen MR) is 133 cm³/mol.